The van der Waals surface area contributed by atoms with Gasteiger partial charge in [0.2, 0.25) is 0 Å². The van der Waals surface area contributed by atoms with Crippen molar-refractivity contribution in [1.82, 2.24) is 15.0 Å². The van der Waals surface area contributed by atoms with Crippen molar-refractivity contribution < 1.29 is 14.1 Å². The average Bonchev–Trinajstić information content (AvgIpc) is 3.25. The number of aryl methyl sites for hydroxylation is 2. The lowest BCUT2D eigenvalue weighted by Crippen LogP contribution is -2.48. The summed E-state index contributed by atoms with van der Waals surface area (Å²) in [7, 11) is 0. The Hall–Kier alpha value is -1.70. The highest BCUT2D eigenvalue weighted by Crippen LogP contribution is 2.31. The molecule has 7 heteroatoms. The fraction of sp³-hybridized carbons (Fsp3) is 0.600. The highest BCUT2D eigenvalue weighted by molar-refractivity contribution is 7.10. The molecule has 0 aromatic carbocycles. The second kappa shape index (κ2) is 7.73. The van der Waals surface area contributed by atoms with Crippen LogP contribution in [0.1, 0.15) is 51.2 Å². The Balaban J connectivity index is 1.49. The number of nitrogens with zero attached hydrogens (tertiary/aromatic N) is 3. The van der Waals surface area contributed by atoms with Crippen molar-refractivity contribution in [1.29, 1.82) is 0 Å². The number of morpholine rings is 1. The van der Waals surface area contributed by atoms with E-state index in [0.717, 1.165) is 49.5 Å². The van der Waals surface area contributed by atoms with Crippen molar-refractivity contribution in [2.45, 2.75) is 52.7 Å². The monoisotopic (exact) mass is 389 g/mol. The number of ether oxygens (including phenoxy) is 1. The quantitative estimate of drug-likeness (QED) is 0.804. The first kappa shape index (κ1) is 18.7. The average molecular weight is 390 g/mol. The number of aromatic nitrogens is 1. The number of thiophene rings is 1. The molecule has 0 saturated carbocycles. The van der Waals surface area contributed by atoms with Crippen LogP contribution in [0.25, 0.3) is 0 Å². The number of hydrogen-bond donors (Lipinski definition) is 0. The van der Waals surface area contributed by atoms with Gasteiger partial charge in [0.25, 0.3) is 5.91 Å². The molecule has 2 aliphatic rings. The third-order valence-corrected chi connectivity index (χ3v) is 6.79. The maximum Gasteiger partial charge on any atom is 0.255 e. The molecule has 0 unspecified atom stereocenters. The Labute approximate surface area is 164 Å². The number of amides is 1. The fourth-order valence-electron chi connectivity index (χ4n) is 4.06. The molecular formula is C20H27N3O3S. The normalized spacial score (nSPS) is 20.7. The summed E-state index contributed by atoms with van der Waals surface area (Å²) in [6, 6.07) is 0.196. The molecular weight excluding hydrogens is 362 g/mol. The lowest BCUT2D eigenvalue weighted by molar-refractivity contribution is -0.00285. The Kier molecular flexibility index (Phi) is 5.34. The van der Waals surface area contributed by atoms with E-state index in [1.807, 2.05) is 18.7 Å². The number of carbonyl (C=O) groups excluding carboxylic acids is 1. The van der Waals surface area contributed by atoms with E-state index in [1.54, 1.807) is 11.3 Å². The van der Waals surface area contributed by atoms with Crippen molar-refractivity contribution >= 4 is 17.2 Å². The first-order valence-corrected chi connectivity index (χ1v) is 10.6. The summed E-state index contributed by atoms with van der Waals surface area (Å²) >= 11 is 1.72. The van der Waals surface area contributed by atoms with Crippen molar-refractivity contribution in [2.24, 2.45) is 0 Å². The van der Waals surface area contributed by atoms with Gasteiger partial charge in [-0.05, 0) is 32.3 Å². The lowest BCUT2D eigenvalue weighted by atomic mass is 10.0. The summed E-state index contributed by atoms with van der Waals surface area (Å²) in [4.78, 5) is 18.9. The van der Waals surface area contributed by atoms with Crippen LogP contribution in [0.2, 0.25) is 0 Å². The zero-order valence-corrected chi connectivity index (χ0v) is 17.1. The summed E-state index contributed by atoms with van der Waals surface area (Å²) in [6.07, 6.45) is 1.85. The summed E-state index contributed by atoms with van der Waals surface area (Å²) in [6.45, 7) is 10.8. The molecule has 27 heavy (non-hydrogen) atoms. The van der Waals surface area contributed by atoms with Crippen LogP contribution in [0.5, 0.6) is 0 Å². The SMILES string of the molecule is CC[C@@H]1COCCN1C(=O)c1csc2c1CCN(Cc1c(C)noc1C)C2. The van der Waals surface area contributed by atoms with Gasteiger partial charge in [0, 0.05) is 42.0 Å². The molecule has 1 saturated heterocycles. The highest BCUT2D eigenvalue weighted by Gasteiger charge is 2.31. The molecule has 0 N–H and O–H groups in total. The van der Waals surface area contributed by atoms with Gasteiger partial charge < -0.3 is 14.2 Å². The zero-order chi connectivity index (χ0) is 19.0. The van der Waals surface area contributed by atoms with Crippen LogP contribution >= 0.6 is 11.3 Å². The lowest BCUT2D eigenvalue weighted by Gasteiger charge is -2.35. The van der Waals surface area contributed by atoms with Gasteiger partial charge in [-0.25, -0.2) is 0 Å². The van der Waals surface area contributed by atoms with Crippen molar-refractivity contribution in [3.63, 3.8) is 0 Å². The largest absolute Gasteiger partial charge is 0.377 e. The number of fused-ring (bicyclic) bond motifs is 1. The van der Waals surface area contributed by atoms with E-state index in [9.17, 15) is 4.79 Å². The molecule has 2 aromatic rings. The van der Waals surface area contributed by atoms with Gasteiger partial charge in [-0.15, -0.1) is 11.3 Å². The van der Waals surface area contributed by atoms with E-state index in [2.05, 4.69) is 22.4 Å². The van der Waals surface area contributed by atoms with Crippen LogP contribution in [-0.4, -0.2) is 53.2 Å². The van der Waals surface area contributed by atoms with Crippen LogP contribution < -0.4 is 0 Å². The van der Waals surface area contributed by atoms with Crippen molar-refractivity contribution in [2.75, 3.05) is 26.3 Å². The number of carbonyl (C=O) groups is 1. The highest BCUT2D eigenvalue weighted by atomic mass is 32.1. The third kappa shape index (κ3) is 3.56. The van der Waals surface area contributed by atoms with Gasteiger partial charge in [-0.3, -0.25) is 9.69 Å². The Morgan fingerprint density at radius 3 is 2.96 bits per heavy atom. The molecule has 0 aliphatic carbocycles. The van der Waals surface area contributed by atoms with E-state index < -0.39 is 0 Å². The molecule has 1 fully saturated rings. The summed E-state index contributed by atoms with van der Waals surface area (Å²) < 4.78 is 10.9. The van der Waals surface area contributed by atoms with E-state index in [4.69, 9.17) is 9.26 Å². The van der Waals surface area contributed by atoms with Crippen LogP contribution in [-0.2, 0) is 24.2 Å². The Morgan fingerprint density at radius 1 is 1.37 bits per heavy atom. The molecule has 1 amide bonds. The zero-order valence-electron chi connectivity index (χ0n) is 16.3. The molecule has 0 radical (unpaired) electrons. The minimum Gasteiger partial charge on any atom is -0.377 e. The molecule has 0 bridgehead atoms. The van der Waals surface area contributed by atoms with Gasteiger partial charge in [-0.1, -0.05) is 12.1 Å². The standard InChI is InChI=1S/C20H27N3O3S/c1-4-15-11-25-8-7-23(15)20(24)18-12-27-19-10-22(6-5-16(18)19)9-17-13(2)21-26-14(17)3/h12,15H,4-11H2,1-3H3/t15-/m1/s1. The maximum absolute atomic E-state index is 13.2. The van der Waals surface area contributed by atoms with Crippen LogP contribution in [0.4, 0.5) is 0 Å². The van der Waals surface area contributed by atoms with E-state index in [0.29, 0.717) is 19.8 Å². The third-order valence-electron chi connectivity index (χ3n) is 5.78. The first-order valence-electron chi connectivity index (χ1n) is 9.70. The molecule has 146 valence electrons. The minimum atomic E-state index is 0.182. The van der Waals surface area contributed by atoms with E-state index >= 15 is 0 Å². The number of rotatable bonds is 4. The second-order valence-corrected chi connectivity index (χ2v) is 8.41. The molecule has 6 nitrogen and oxygen atoms in total. The van der Waals surface area contributed by atoms with Crippen LogP contribution in [0.15, 0.2) is 9.90 Å². The molecule has 2 aliphatic heterocycles. The summed E-state index contributed by atoms with van der Waals surface area (Å²) in [5, 5.41) is 6.12. The Morgan fingerprint density at radius 2 is 2.22 bits per heavy atom. The molecule has 4 heterocycles. The van der Waals surface area contributed by atoms with Gasteiger partial charge in [0.15, 0.2) is 0 Å². The number of hydrogen-bond acceptors (Lipinski definition) is 6. The summed E-state index contributed by atoms with van der Waals surface area (Å²) in [5.41, 5.74) is 4.32. The molecule has 4 rings (SSSR count). The fourth-order valence-corrected chi connectivity index (χ4v) is 5.18. The van der Waals surface area contributed by atoms with Gasteiger partial charge >= 0.3 is 0 Å². The molecule has 2 aromatic heterocycles. The van der Waals surface area contributed by atoms with E-state index in [1.165, 1.54) is 16.0 Å². The predicted molar refractivity (Wildman–Crippen MR) is 104 cm³/mol. The van der Waals surface area contributed by atoms with Crippen molar-refractivity contribution in [3.05, 3.63) is 38.4 Å². The van der Waals surface area contributed by atoms with E-state index in [-0.39, 0.29) is 11.9 Å². The summed E-state index contributed by atoms with van der Waals surface area (Å²) in [5.74, 6) is 1.08. The van der Waals surface area contributed by atoms with Gasteiger partial charge in [0.1, 0.15) is 5.76 Å². The van der Waals surface area contributed by atoms with Gasteiger partial charge in [-0.2, -0.15) is 0 Å². The maximum atomic E-state index is 13.2. The van der Waals surface area contributed by atoms with Crippen molar-refractivity contribution in [3.8, 4) is 0 Å². The second-order valence-electron chi connectivity index (χ2n) is 7.45. The topological polar surface area (TPSA) is 58.8 Å². The molecule has 1 atom stereocenters. The van der Waals surface area contributed by atoms with Crippen LogP contribution in [0.3, 0.4) is 0 Å². The van der Waals surface area contributed by atoms with Gasteiger partial charge in [0.05, 0.1) is 30.5 Å². The Bertz CT molecular complexity index is 809. The minimum absolute atomic E-state index is 0.182. The predicted octanol–water partition coefficient (Wildman–Crippen LogP) is 3.16. The smallest absolute Gasteiger partial charge is 0.255 e. The molecule has 0 spiro atoms. The first-order chi connectivity index (χ1) is 13.1. The van der Waals surface area contributed by atoms with Crippen LogP contribution in [0, 0.1) is 13.8 Å².